The van der Waals surface area contributed by atoms with Crippen LogP contribution in [0.15, 0.2) is 0 Å². The van der Waals surface area contributed by atoms with Crippen LogP contribution in [-0.2, 0) is 45.6 Å². The summed E-state index contributed by atoms with van der Waals surface area (Å²) < 4.78 is 78.5. The number of hydrogen-bond donors (Lipinski definition) is 1. The van der Waals surface area contributed by atoms with E-state index in [9.17, 15) is 4.80 Å². The van der Waals surface area contributed by atoms with Crippen molar-refractivity contribution in [1.82, 2.24) is 0 Å². The lowest BCUT2D eigenvalue weighted by Gasteiger charge is -2.58. The molecule has 0 aromatic heterocycles. The van der Waals surface area contributed by atoms with Crippen molar-refractivity contribution < 1.29 is 50.4 Å². The van der Waals surface area contributed by atoms with Crippen LogP contribution in [0.25, 0.3) is 0 Å². The largest absolute Gasteiger partial charge is 0.484 e. The molecule has 1 N–H and O–H groups in total. The van der Waals surface area contributed by atoms with E-state index < -0.39 is 78.0 Å². The third-order valence-electron chi connectivity index (χ3n) is 10.1. The monoisotopic (exact) mass is 808 g/mol. The molecule has 0 aliphatic carbocycles. The van der Waals surface area contributed by atoms with Crippen molar-refractivity contribution in [3.05, 3.63) is 0 Å². The third-order valence-corrected chi connectivity index (χ3v) is 53.8. The molecule has 3 heterocycles. The molecule has 3 aliphatic rings. The first-order valence-electron chi connectivity index (χ1n) is 17.8. The summed E-state index contributed by atoms with van der Waals surface area (Å²) in [6.07, 6.45) is 0. The van der Waals surface area contributed by atoms with Gasteiger partial charge in [-0.3, -0.25) is 0 Å². The fourth-order valence-electron chi connectivity index (χ4n) is 6.31. The lowest BCUT2D eigenvalue weighted by atomic mass is 10.9. The maximum absolute atomic E-state index is 12.2. The van der Waals surface area contributed by atoms with Gasteiger partial charge in [-0.2, -0.15) is 0 Å². The van der Waals surface area contributed by atoms with Gasteiger partial charge in [-0.1, -0.05) is 76.2 Å². The fourth-order valence-corrected chi connectivity index (χ4v) is 60.8. The Morgan fingerprint density at radius 1 is 0.543 bits per heavy atom. The van der Waals surface area contributed by atoms with Crippen LogP contribution in [0.2, 0.25) is 78.7 Å². The van der Waals surface area contributed by atoms with Gasteiger partial charge in [-0.25, -0.2) is 0 Å². The Balaban J connectivity index is 2.39. The lowest BCUT2D eigenvalue weighted by Crippen LogP contribution is -2.81. The topological polar surface area (TPSA) is 122 Å². The maximum Gasteiger partial charge on any atom is 0.484 e. The molecule has 21 heteroatoms. The summed E-state index contributed by atoms with van der Waals surface area (Å²) in [4.78, 5) is 12.2. The van der Waals surface area contributed by atoms with Crippen molar-refractivity contribution in [2.75, 3.05) is 7.11 Å². The van der Waals surface area contributed by atoms with E-state index in [1.807, 2.05) is 27.7 Å². The summed E-state index contributed by atoms with van der Waals surface area (Å²) in [6.45, 7) is 25.2. The van der Waals surface area contributed by atoms with E-state index in [1.54, 1.807) is 7.11 Å². The molecule has 0 aromatic carbocycles. The van der Waals surface area contributed by atoms with Gasteiger partial charge in [-0.15, -0.1) is 0 Å². The van der Waals surface area contributed by atoms with Crippen LogP contribution in [-0.4, -0.2) is 89.9 Å². The highest BCUT2D eigenvalue weighted by Gasteiger charge is 2.75. The first kappa shape index (κ1) is 41.9. The molecule has 0 radical (unpaired) electrons. The molecule has 4 unspecified atom stereocenters. The second-order valence-corrected chi connectivity index (χ2v) is 45.9. The molecule has 46 heavy (non-hydrogen) atoms. The van der Waals surface area contributed by atoms with Gasteiger partial charge in [0.05, 0.1) is 0 Å². The van der Waals surface area contributed by atoms with E-state index in [1.165, 1.54) is 0 Å². The minimum atomic E-state index is -3.98. The molecule has 272 valence electrons. The molecule has 4 bridgehead atoms. The number of fused-ring (bicyclic) bond motifs is 3. The highest BCUT2D eigenvalue weighted by molar-refractivity contribution is 7.03. The molecular weight excluding hydrogens is 745 g/mol. The van der Waals surface area contributed by atoms with Gasteiger partial charge < -0.3 is 50.4 Å². The Bertz CT molecular complexity index is 1010. The van der Waals surface area contributed by atoms with Gasteiger partial charge >= 0.3 is 69.7 Å². The fraction of sp³-hybridized carbons (Fsp3) is 1.00. The zero-order chi connectivity index (χ0) is 34.8. The second kappa shape index (κ2) is 15.6. The Hall–Kier alpha value is 1.47. The molecule has 12 nitrogen and oxygen atoms in total. The van der Waals surface area contributed by atoms with Crippen molar-refractivity contribution in [2.24, 2.45) is 0 Å². The Morgan fingerprint density at radius 3 is 1.37 bits per heavy atom. The minimum Gasteiger partial charge on any atom is -0.436 e. The van der Waals surface area contributed by atoms with Crippen molar-refractivity contribution >= 4 is 78.0 Å². The smallest absolute Gasteiger partial charge is 0.436 e. The van der Waals surface area contributed by atoms with E-state index in [-0.39, 0.29) is 6.04 Å². The predicted molar refractivity (Wildman–Crippen MR) is 198 cm³/mol. The summed E-state index contributed by atoms with van der Waals surface area (Å²) in [6, 6.07) is 6.72. The molecule has 3 fully saturated rings. The third kappa shape index (κ3) is 8.40. The summed E-state index contributed by atoms with van der Waals surface area (Å²) in [5.74, 6) is 0. The zero-order valence-corrected chi connectivity index (χ0v) is 39.9. The Morgan fingerprint density at radius 2 is 1.00 bits per heavy atom. The van der Waals surface area contributed by atoms with Crippen LogP contribution in [0.4, 0.5) is 0 Å². The van der Waals surface area contributed by atoms with E-state index >= 15 is 0 Å². The highest BCUT2D eigenvalue weighted by atomic mass is 28.6. The minimum absolute atomic E-state index is 0.240. The van der Waals surface area contributed by atoms with E-state index in [0.29, 0.717) is 41.9 Å². The number of rotatable bonds is 16. The molecule has 0 saturated carbocycles. The highest BCUT2D eigenvalue weighted by Crippen LogP contribution is 2.49. The van der Waals surface area contributed by atoms with Crippen molar-refractivity contribution in [2.45, 2.75) is 155 Å². The number of hydrogen-bond acceptors (Lipinski definition) is 12. The first-order chi connectivity index (χ1) is 21.5. The first-order valence-corrected chi connectivity index (χ1v) is 37.0. The average molecular weight is 810 g/mol. The maximum atomic E-state index is 12.2. The summed E-state index contributed by atoms with van der Waals surface area (Å²) in [7, 11) is -28.4. The van der Waals surface area contributed by atoms with Crippen LogP contribution in [0.3, 0.4) is 0 Å². The van der Waals surface area contributed by atoms with Gasteiger partial charge in [0.15, 0.2) is 8.32 Å². The molecule has 3 saturated heterocycles. The van der Waals surface area contributed by atoms with Gasteiger partial charge in [-0.05, 0) is 42.8 Å². The predicted octanol–water partition coefficient (Wildman–Crippen LogP) is 7.19. The van der Waals surface area contributed by atoms with Crippen LogP contribution in [0.5, 0.6) is 0 Å². The van der Waals surface area contributed by atoms with Gasteiger partial charge in [0.2, 0.25) is 0 Å². The lowest BCUT2D eigenvalue weighted by molar-refractivity contribution is 0.0510. The molecule has 0 spiro atoms. The second-order valence-electron chi connectivity index (χ2n) is 12.9. The van der Waals surface area contributed by atoms with E-state index in [2.05, 4.69) is 55.0 Å². The molecule has 7 atom stereocenters. The van der Waals surface area contributed by atoms with Gasteiger partial charge in [0, 0.05) is 43.0 Å². The average Bonchev–Trinajstić information content (AvgIpc) is 3.05. The summed E-state index contributed by atoms with van der Waals surface area (Å²) in [5.41, 5.74) is 0.488. The van der Waals surface area contributed by atoms with Gasteiger partial charge in [0.25, 0.3) is 0 Å². The Kier molecular flexibility index (Phi) is 14.2. The van der Waals surface area contributed by atoms with E-state index in [4.69, 9.17) is 45.6 Å². The van der Waals surface area contributed by atoms with Crippen molar-refractivity contribution in [3.8, 4) is 0 Å². The molecular formula is C25H64O12Si9. The van der Waals surface area contributed by atoms with Crippen LogP contribution >= 0.6 is 0 Å². The normalized spacial score (nSPS) is 40.6. The molecule has 3 aliphatic heterocycles. The zero-order valence-electron chi connectivity index (χ0n) is 30.9. The molecule has 0 amide bonds. The van der Waals surface area contributed by atoms with E-state index in [0.717, 1.165) is 24.2 Å². The molecule has 0 aromatic rings. The van der Waals surface area contributed by atoms with Crippen LogP contribution in [0, 0.1) is 0 Å². The van der Waals surface area contributed by atoms with Crippen LogP contribution in [0.1, 0.15) is 76.2 Å². The summed E-state index contributed by atoms with van der Waals surface area (Å²) >= 11 is 0. The van der Waals surface area contributed by atoms with Crippen molar-refractivity contribution in [1.29, 1.82) is 0 Å². The SMILES string of the molecule is CC[Si](C)(CC)O[Si](CC)(CC)O[Si]1(CC)O[Si]2(CC)O[Si](O)(CC)O[Si]3(CC)O[Si@](CC)(C[Si@@](CC)(O1)O[Si@](CC)(OC)O3)O2. The Labute approximate surface area is 289 Å². The van der Waals surface area contributed by atoms with Crippen LogP contribution < -0.4 is 0 Å². The summed E-state index contributed by atoms with van der Waals surface area (Å²) in [5, 5.41) is 0. The van der Waals surface area contributed by atoms with Gasteiger partial charge in [0.1, 0.15) is 0 Å². The quantitative estimate of drug-likeness (QED) is 0.159. The van der Waals surface area contributed by atoms with Crippen molar-refractivity contribution in [3.63, 3.8) is 0 Å². The molecule has 3 rings (SSSR count). The standard InChI is InChI=1S/C25H64O12Si9/c1-14-38(13,15-2)28-39(16-3,17-4)29-44(22-9)31-40(18-5)25-41(19-6)32-45(23-10,36-43(21-8,27-12)30-40)34-42(26,20-7)35-46(24-11,33-41)37-44/h26H,14-25H2,1-13H3/t40-,41+,42?,43+,44?,45?,46?/m1/s1.